The molecule has 1 aliphatic heterocycles. The molecule has 2 heterocycles. The van der Waals surface area contributed by atoms with Crippen LogP contribution >= 0.6 is 11.3 Å². The molecule has 4 aromatic rings. The van der Waals surface area contributed by atoms with Crippen LogP contribution in [0.3, 0.4) is 0 Å². The van der Waals surface area contributed by atoms with Gasteiger partial charge in [0.2, 0.25) is 6.79 Å². The predicted octanol–water partition coefficient (Wildman–Crippen LogP) is 5.01. The van der Waals surface area contributed by atoms with Crippen molar-refractivity contribution in [1.82, 2.24) is 4.98 Å². The standard InChI is InChI=1S/C22H15FN2O3S/c23-16-7-4-8-19-20(16)24-22(29-19)25(12-14-5-2-1-3-6-14)21(26)15-9-10-17-18(11-15)28-13-27-17/h1-11H,12-13H2. The number of hydrogen-bond donors (Lipinski definition) is 0. The van der Waals surface area contributed by atoms with Gasteiger partial charge in [-0.05, 0) is 35.9 Å². The van der Waals surface area contributed by atoms with E-state index in [0.717, 1.165) is 5.56 Å². The number of nitrogens with zero attached hydrogens (tertiary/aromatic N) is 2. The SMILES string of the molecule is O=C(c1ccc2c(c1)OCO2)N(Cc1ccccc1)c1nc2c(F)cccc2s1. The summed E-state index contributed by atoms with van der Waals surface area (Å²) in [6.07, 6.45) is 0. The Morgan fingerprint density at radius 1 is 1.03 bits per heavy atom. The molecule has 0 saturated heterocycles. The number of para-hydroxylation sites is 1. The van der Waals surface area contributed by atoms with Gasteiger partial charge in [0.15, 0.2) is 16.6 Å². The Bertz CT molecular complexity index is 1210. The van der Waals surface area contributed by atoms with Crippen LogP contribution in [0.2, 0.25) is 0 Å². The number of thiazole rings is 1. The second-order valence-corrected chi connectivity index (χ2v) is 7.54. The minimum absolute atomic E-state index is 0.137. The number of fused-ring (bicyclic) bond motifs is 2. The molecule has 0 atom stereocenters. The number of rotatable bonds is 4. The molecule has 0 radical (unpaired) electrons. The van der Waals surface area contributed by atoms with Crippen LogP contribution in [0.1, 0.15) is 15.9 Å². The maximum Gasteiger partial charge on any atom is 0.260 e. The summed E-state index contributed by atoms with van der Waals surface area (Å²) < 4.78 is 25.6. The van der Waals surface area contributed by atoms with Crippen LogP contribution < -0.4 is 14.4 Å². The van der Waals surface area contributed by atoms with E-state index in [-0.39, 0.29) is 18.2 Å². The molecule has 7 heteroatoms. The lowest BCUT2D eigenvalue weighted by Crippen LogP contribution is -2.30. The molecule has 29 heavy (non-hydrogen) atoms. The average molecular weight is 406 g/mol. The van der Waals surface area contributed by atoms with Crippen molar-refractivity contribution in [3.8, 4) is 11.5 Å². The summed E-state index contributed by atoms with van der Waals surface area (Å²) >= 11 is 1.29. The van der Waals surface area contributed by atoms with Gasteiger partial charge in [0, 0.05) is 5.56 Å². The fourth-order valence-corrected chi connectivity index (χ4v) is 4.17. The molecule has 3 aromatic carbocycles. The third-order valence-corrected chi connectivity index (χ3v) is 5.68. The van der Waals surface area contributed by atoms with Crippen LogP contribution in [0.5, 0.6) is 11.5 Å². The molecular formula is C22H15FN2O3S. The molecule has 144 valence electrons. The predicted molar refractivity (Wildman–Crippen MR) is 109 cm³/mol. The second kappa shape index (κ2) is 7.18. The van der Waals surface area contributed by atoms with Crippen molar-refractivity contribution in [3.05, 3.63) is 83.7 Å². The fraction of sp³-hybridized carbons (Fsp3) is 0.0909. The molecular weight excluding hydrogens is 391 g/mol. The maximum atomic E-state index is 14.2. The van der Waals surface area contributed by atoms with E-state index in [2.05, 4.69) is 4.98 Å². The van der Waals surface area contributed by atoms with Crippen molar-refractivity contribution in [2.24, 2.45) is 0 Å². The smallest absolute Gasteiger partial charge is 0.260 e. The van der Waals surface area contributed by atoms with Crippen LogP contribution in [-0.4, -0.2) is 17.7 Å². The summed E-state index contributed by atoms with van der Waals surface area (Å²) in [7, 11) is 0. The first-order valence-corrected chi connectivity index (χ1v) is 9.81. The summed E-state index contributed by atoms with van der Waals surface area (Å²) in [5, 5.41) is 0.441. The molecule has 0 fully saturated rings. The average Bonchev–Trinajstić information content (AvgIpc) is 3.39. The van der Waals surface area contributed by atoms with Gasteiger partial charge in [-0.1, -0.05) is 47.7 Å². The number of ether oxygens (including phenoxy) is 2. The second-order valence-electron chi connectivity index (χ2n) is 6.53. The molecule has 0 bridgehead atoms. The number of aromatic nitrogens is 1. The van der Waals surface area contributed by atoms with E-state index >= 15 is 0 Å². The molecule has 1 amide bonds. The quantitative estimate of drug-likeness (QED) is 0.478. The molecule has 0 saturated carbocycles. The zero-order chi connectivity index (χ0) is 19.8. The minimum atomic E-state index is -0.403. The Hall–Kier alpha value is -3.45. The van der Waals surface area contributed by atoms with E-state index in [9.17, 15) is 9.18 Å². The van der Waals surface area contributed by atoms with Crippen molar-refractivity contribution < 1.29 is 18.7 Å². The zero-order valence-corrected chi connectivity index (χ0v) is 16.0. The fourth-order valence-electron chi connectivity index (χ4n) is 3.20. The highest BCUT2D eigenvalue weighted by Crippen LogP contribution is 2.35. The summed E-state index contributed by atoms with van der Waals surface area (Å²) in [5.41, 5.74) is 1.66. The summed E-state index contributed by atoms with van der Waals surface area (Å²) in [6.45, 7) is 0.452. The van der Waals surface area contributed by atoms with E-state index in [1.54, 1.807) is 35.2 Å². The Morgan fingerprint density at radius 2 is 1.86 bits per heavy atom. The number of halogens is 1. The largest absolute Gasteiger partial charge is 0.454 e. The van der Waals surface area contributed by atoms with E-state index in [0.29, 0.717) is 33.4 Å². The van der Waals surface area contributed by atoms with Gasteiger partial charge in [-0.15, -0.1) is 0 Å². The molecule has 0 spiro atoms. The van der Waals surface area contributed by atoms with Gasteiger partial charge in [0.25, 0.3) is 5.91 Å². The first-order chi connectivity index (χ1) is 14.2. The van der Waals surface area contributed by atoms with Gasteiger partial charge in [0.1, 0.15) is 11.3 Å². The summed E-state index contributed by atoms with van der Waals surface area (Å²) in [6, 6.07) is 19.5. The molecule has 1 aromatic heterocycles. The maximum absolute atomic E-state index is 14.2. The summed E-state index contributed by atoms with van der Waals surface area (Å²) in [5.74, 6) is 0.496. The normalized spacial score (nSPS) is 12.3. The van der Waals surface area contributed by atoms with E-state index in [4.69, 9.17) is 9.47 Å². The number of anilines is 1. The Balaban J connectivity index is 1.57. The van der Waals surface area contributed by atoms with Crippen molar-refractivity contribution in [3.63, 3.8) is 0 Å². The highest BCUT2D eigenvalue weighted by atomic mass is 32.1. The van der Waals surface area contributed by atoms with Gasteiger partial charge in [-0.2, -0.15) is 0 Å². The highest BCUT2D eigenvalue weighted by Gasteiger charge is 2.24. The molecule has 5 rings (SSSR count). The first-order valence-electron chi connectivity index (χ1n) is 8.99. The van der Waals surface area contributed by atoms with Crippen molar-refractivity contribution in [2.45, 2.75) is 6.54 Å². The van der Waals surface area contributed by atoms with Crippen LogP contribution in [0.4, 0.5) is 9.52 Å². The van der Waals surface area contributed by atoms with E-state index < -0.39 is 5.82 Å². The molecule has 0 aliphatic carbocycles. The van der Waals surface area contributed by atoms with E-state index in [1.165, 1.54) is 17.4 Å². The van der Waals surface area contributed by atoms with Gasteiger partial charge in [-0.3, -0.25) is 9.69 Å². The molecule has 0 unspecified atom stereocenters. The first kappa shape index (κ1) is 17.6. The minimum Gasteiger partial charge on any atom is -0.454 e. The lowest BCUT2D eigenvalue weighted by atomic mass is 10.1. The Kier molecular flexibility index (Phi) is 4.37. The van der Waals surface area contributed by atoms with Gasteiger partial charge >= 0.3 is 0 Å². The van der Waals surface area contributed by atoms with Crippen LogP contribution in [-0.2, 0) is 6.54 Å². The van der Waals surface area contributed by atoms with E-state index in [1.807, 2.05) is 30.3 Å². The number of hydrogen-bond acceptors (Lipinski definition) is 5. The van der Waals surface area contributed by atoms with Crippen LogP contribution in [0, 0.1) is 5.82 Å². The van der Waals surface area contributed by atoms with Crippen molar-refractivity contribution >= 4 is 32.6 Å². The lowest BCUT2D eigenvalue weighted by molar-refractivity contribution is 0.0984. The topological polar surface area (TPSA) is 51.7 Å². The monoisotopic (exact) mass is 406 g/mol. The van der Waals surface area contributed by atoms with Gasteiger partial charge in [0.05, 0.1) is 11.2 Å². The number of amides is 1. The third kappa shape index (κ3) is 3.30. The zero-order valence-electron chi connectivity index (χ0n) is 15.2. The number of carbonyl (C=O) groups excluding carboxylic acids is 1. The molecule has 1 aliphatic rings. The highest BCUT2D eigenvalue weighted by molar-refractivity contribution is 7.22. The number of carbonyl (C=O) groups is 1. The van der Waals surface area contributed by atoms with Gasteiger partial charge < -0.3 is 9.47 Å². The Morgan fingerprint density at radius 3 is 2.69 bits per heavy atom. The molecule has 0 N–H and O–H groups in total. The lowest BCUT2D eigenvalue weighted by Gasteiger charge is -2.20. The summed E-state index contributed by atoms with van der Waals surface area (Å²) in [4.78, 5) is 19.4. The van der Waals surface area contributed by atoms with Crippen LogP contribution in [0.25, 0.3) is 10.2 Å². The Labute approximate surface area is 169 Å². The third-order valence-electron chi connectivity index (χ3n) is 4.64. The van der Waals surface area contributed by atoms with Crippen LogP contribution in [0.15, 0.2) is 66.7 Å². The van der Waals surface area contributed by atoms with Gasteiger partial charge in [-0.25, -0.2) is 9.37 Å². The van der Waals surface area contributed by atoms with Crippen molar-refractivity contribution in [1.29, 1.82) is 0 Å². The molecule has 5 nitrogen and oxygen atoms in total. The van der Waals surface area contributed by atoms with Crippen molar-refractivity contribution in [2.75, 3.05) is 11.7 Å². The number of benzene rings is 3.